The number of aryl methyl sites for hydroxylation is 1. The standard InChI is InChI=1S/C13H22N4O2/c1-3-13(19)8-16(9-13)12(18)11-7-15-17(10(11)2)6-4-5-14/h7,19H,3-6,8-9,14H2,1-2H3. The maximum atomic E-state index is 12.3. The Morgan fingerprint density at radius 2 is 2.26 bits per heavy atom. The first kappa shape index (κ1) is 14.0. The Bertz CT molecular complexity index is 463. The maximum Gasteiger partial charge on any atom is 0.257 e. The number of carbonyl (C=O) groups is 1. The van der Waals surface area contributed by atoms with E-state index < -0.39 is 5.60 Å². The van der Waals surface area contributed by atoms with Crippen molar-refractivity contribution < 1.29 is 9.90 Å². The highest BCUT2D eigenvalue weighted by Gasteiger charge is 2.42. The zero-order valence-electron chi connectivity index (χ0n) is 11.6. The van der Waals surface area contributed by atoms with E-state index in [2.05, 4.69) is 5.10 Å². The molecule has 0 atom stereocenters. The van der Waals surface area contributed by atoms with Gasteiger partial charge in [-0.1, -0.05) is 6.92 Å². The minimum atomic E-state index is -0.695. The van der Waals surface area contributed by atoms with Gasteiger partial charge in [0.25, 0.3) is 5.91 Å². The second kappa shape index (κ2) is 5.30. The van der Waals surface area contributed by atoms with Gasteiger partial charge in [0.2, 0.25) is 0 Å². The number of β-amino-alcohol motifs (C(OH)–C–C–N with tert-alkyl or cyclic N) is 1. The van der Waals surface area contributed by atoms with Gasteiger partial charge < -0.3 is 15.7 Å². The van der Waals surface area contributed by atoms with Crippen LogP contribution >= 0.6 is 0 Å². The molecule has 1 amide bonds. The van der Waals surface area contributed by atoms with E-state index >= 15 is 0 Å². The molecule has 0 aromatic carbocycles. The van der Waals surface area contributed by atoms with Crippen LogP contribution in [0.2, 0.25) is 0 Å². The van der Waals surface area contributed by atoms with Crippen molar-refractivity contribution in [2.45, 2.75) is 38.8 Å². The number of nitrogens with two attached hydrogens (primary N) is 1. The Balaban J connectivity index is 2.03. The second-order valence-corrected chi connectivity index (χ2v) is 5.25. The van der Waals surface area contributed by atoms with Crippen LogP contribution in [0.15, 0.2) is 6.20 Å². The minimum absolute atomic E-state index is 0.0466. The molecule has 2 heterocycles. The monoisotopic (exact) mass is 266 g/mol. The summed E-state index contributed by atoms with van der Waals surface area (Å²) in [6.45, 7) is 5.98. The topological polar surface area (TPSA) is 84.4 Å². The summed E-state index contributed by atoms with van der Waals surface area (Å²) in [5.74, 6) is -0.0466. The first-order valence-corrected chi connectivity index (χ1v) is 6.75. The number of hydrogen-bond donors (Lipinski definition) is 2. The van der Waals surface area contributed by atoms with Crippen LogP contribution in [-0.2, 0) is 6.54 Å². The van der Waals surface area contributed by atoms with Crippen LogP contribution in [0.4, 0.5) is 0 Å². The van der Waals surface area contributed by atoms with Crippen LogP contribution in [0.1, 0.15) is 35.8 Å². The molecule has 6 heteroatoms. The van der Waals surface area contributed by atoms with Gasteiger partial charge in [0.15, 0.2) is 0 Å². The van der Waals surface area contributed by atoms with Crippen LogP contribution in [0.5, 0.6) is 0 Å². The molecule has 1 aromatic heterocycles. The van der Waals surface area contributed by atoms with E-state index in [1.165, 1.54) is 0 Å². The molecular formula is C13H22N4O2. The third-order valence-corrected chi connectivity index (χ3v) is 3.82. The Morgan fingerprint density at radius 3 is 2.84 bits per heavy atom. The number of aromatic nitrogens is 2. The highest BCUT2D eigenvalue weighted by molar-refractivity contribution is 5.95. The van der Waals surface area contributed by atoms with E-state index in [4.69, 9.17) is 5.73 Å². The molecule has 1 saturated heterocycles. The summed E-state index contributed by atoms with van der Waals surface area (Å²) in [7, 11) is 0. The summed E-state index contributed by atoms with van der Waals surface area (Å²) in [6.07, 6.45) is 3.12. The van der Waals surface area contributed by atoms with Crippen LogP contribution in [-0.4, -0.2) is 50.9 Å². The molecule has 1 aromatic rings. The summed E-state index contributed by atoms with van der Waals surface area (Å²) in [5, 5.41) is 14.2. The van der Waals surface area contributed by atoms with Gasteiger partial charge in [0.05, 0.1) is 30.5 Å². The van der Waals surface area contributed by atoms with Crippen LogP contribution in [0.25, 0.3) is 0 Å². The molecular weight excluding hydrogens is 244 g/mol. The van der Waals surface area contributed by atoms with Crippen molar-refractivity contribution in [2.24, 2.45) is 5.73 Å². The third-order valence-electron chi connectivity index (χ3n) is 3.82. The Morgan fingerprint density at radius 1 is 1.58 bits per heavy atom. The molecule has 19 heavy (non-hydrogen) atoms. The van der Waals surface area contributed by atoms with E-state index in [1.807, 2.05) is 18.5 Å². The molecule has 3 N–H and O–H groups in total. The lowest BCUT2D eigenvalue weighted by Gasteiger charge is -2.46. The first-order chi connectivity index (χ1) is 9.00. The van der Waals surface area contributed by atoms with Crippen LogP contribution < -0.4 is 5.73 Å². The number of amides is 1. The molecule has 0 spiro atoms. The average molecular weight is 266 g/mol. The summed E-state index contributed by atoms with van der Waals surface area (Å²) in [5.41, 5.74) is 6.26. The smallest absolute Gasteiger partial charge is 0.257 e. The second-order valence-electron chi connectivity index (χ2n) is 5.25. The van der Waals surface area contributed by atoms with Crippen molar-refractivity contribution in [2.75, 3.05) is 19.6 Å². The van der Waals surface area contributed by atoms with Crippen molar-refractivity contribution in [3.05, 3.63) is 17.5 Å². The van der Waals surface area contributed by atoms with Gasteiger partial charge in [-0.2, -0.15) is 5.10 Å². The molecule has 1 fully saturated rings. The number of aliphatic hydroxyl groups is 1. The fourth-order valence-electron chi connectivity index (χ4n) is 2.32. The van der Waals surface area contributed by atoms with E-state index in [-0.39, 0.29) is 5.91 Å². The van der Waals surface area contributed by atoms with Gasteiger partial charge in [0.1, 0.15) is 0 Å². The SMILES string of the molecule is CCC1(O)CN(C(=O)c2cnn(CCCN)c2C)C1. The van der Waals surface area contributed by atoms with Gasteiger partial charge in [-0.3, -0.25) is 9.48 Å². The van der Waals surface area contributed by atoms with E-state index in [0.717, 1.165) is 18.7 Å². The fraction of sp³-hybridized carbons (Fsp3) is 0.692. The van der Waals surface area contributed by atoms with Crippen molar-refractivity contribution in [1.82, 2.24) is 14.7 Å². The van der Waals surface area contributed by atoms with Crippen LogP contribution in [0.3, 0.4) is 0 Å². The van der Waals surface area contributed by atoms with Crippen LogP contribution in [0, 0.1) is 6.92 Å². The van der Waals surface area contributed by atoms with Crippen molar-refractivity contribution in [1.29, 1.82) is 0 Å². The molecule has 1 aliphatic rings. The molecule has 6 nitrogen and oxygen atoms in total. The maximum absolute atomic E-state index is 12.3. The molecule has 0 unspecified atom stereocenters. The molecule has 106 valence electrons. The van der Waals surface area contributed by atoms with Crippen molar-refractivity contribution in [3.63, 3.8) is 0 Å². The molecule has 0 radical (unpaired) electrons. The summed E-state index contributed by atoms with van der Waals surface area (Å²) >= 11 is 0. The van der Waals surface area contributed by atoms with E-state index in [9.17, 15) is 9.90 Å². The fourth-order valence-corrected chi connectivity index (χ4v) is 2.32. The normalized spacial score (nSPS) is 17.4. The van der Waals surface area contributed by atoms with E-state index in [0.29, 0.717) is 31.6 Å². The quantitative estimate of drug-likeness (QED) is 0.794. The molecule has 2 rings (SSSR count). The number of carbonyl (C=O) groups excluding carboxylic acids is 1. The van der Waals surface area contributed by atoms with Crippen molar-refractivity contribution >= 4 is 5.91 Å². The van der Waals surface area contributed by atoms with Gasteiger partial charge in [-0.25, -0.2) is 0 Å². The van der Waals surface area contributed by atoms with Gasteiger partial charge in [-0.05, 0) is 26.3 Å². The third kappa shape index (κ3) is 2.64. The summed E-state index contributed by atoms with van der Waals surface area (Å²) in [4.78, 5) is 13.9. The number of rotatable bonds is 5. The number of nitrogens with zero attached hydrogens (tertiary/aromatic N) is 3. The molecule has 0 saturated carbocycles. The number of likely N-dealkylation sites (tertiary alicyclic amines) is 1. The molecule has 0 bridgehead atoms. The Hall–Kier alpha value is -1.40. The van der Waals surface area contributed by atoms with Gasteiger partial charge >= 0.3 is 0 Å². The minimum Gasteiger partial charge on any atom is -0.386 e. The van der Waals surface area contributed by atoms with Crippen molar-refractivity contribution in [3.8, 4) is 0 Å². The highest BCUT2D eigenvalue weighted by Crippen LogP contribution is 2.26. The predicted octanol–water partition coefficient (Wildman–Crippen LogP) is 0.137. The lowest BCUT2D eigenvalue weighted by molar-refractivity contribution is -0.0826. The average Bonchev–Trinajstić information content (AvgIpc) is 2.73. The van der Waals surface area contributed by atoms with Gasteiger partial charge in [-0.15, -0.1) is 0 Å². The number of hydrogen-bond acceptors (Lipinski definition) is 4. The summed E-state index contributed by atoms with van der Waals surface area (Å²) in [6, 6.07) is 0. The van der Waals surface area contributed by atoms with E-state index in [1.54, 1.807) is 11.1 Å². The highest BCUT2D eigenvalue weighted by atomic mass is 16.3. The predicted molar refractivity (Wildman–Crippen MR) is 71.8 cm³/mol. The summed E-state index contributed by atoms with van der Waals surface area (Å²) < 4.78 is 1.81. The molecule has 0 aliphatic carbocycles. The lowest BCUT2D eigenvalue weighted by Crippen LogP contribution is -2.63. The zero-order chi connectivity index (χ0) is 14.0. The van der Waals surface area contributed by atoms with Gasteiger partial charge in [0, 0.05) is 12.2 Å². The largest absolute Gasteiger partial charge is 0.386 e. The lowest BCUT2D eigenvalue weighted by atomic mass is 9.91. The Labute approximate surface area is 113 Å². The molecule has 1 aliphatic heterocycles. The Kier molecular flexibility index (Phi) is 3.91. The zero-order valence-corrected chi connectivity index (χ0v) is 11.6. The first-order valence-electron chi connectivity index (χ1n) is 6.75.